The molecule has 1 fully saturated rings. The summed E-state index contributed by atoms with van der Waals surface area (Å²) in [7, 11) is 0. The van der Waals surface area contributed by atoms with Crippen molar-refractivity contribution in [1.82, 2.24) is 10.3 Å². The van der Waals surface area contributed by atoms with Gasteiger partial charge in [0.2, 0.25) is 0 Å². The van der Waals surface area contributed by atoms with Crippen LogP contribution < -0.4 is 10.2 Å². The first-order valence-electron chi connectivity index (χ1n) is 7.68. The van der Waals surface area contributed by atoms with Gasteiger partial charge in [-0.2, -0.15) is 0 Å². The molecule has 25 heavy (non-hydrogen) atoms. The maximum atomic E-state index is 9.60. The fraction of sp³-hybridized carbons (Fsp3) is 0.111. The number of pyridine rings is 1. The van der Waals surface area contributed by atoms with Gasteiger partial charge in [0.1, 0.15) is 5.75 Å². The summed E-state index contributed by atoms with van der Waals surface area (Å²) in [6.07, 6.45) is 1.80. The fourth-order valence-corrected chi connectivity index (χ4v) is 4.92. The van der Waals surface area contributed by atoms with Crippen molar-refractivity contribution in [1.29, 1.82) is 0 Å². The number of nitrogens with one attached hydrogen (secondary N) is 1. The molecule has 0 spiro atoms. The maximum Gasteiger partial charge on any atom is 0.174 e. The molecule has 0 aliphatic carbocycles. The Labute approximate surface area is 163 Å². The Morgan fingerprint density at radius 2 is 1.92 bits per heavy atom. The van der Waals surface area contributed by atoms with Crippen LogP contribution in [0.2, 0.25) is 0 Å². The Kier molecular flexibility index (Phi) is 4.45. The number of thiophene rings is 1. The summed E-state index contributed by atoms with van der Waals surface area (Å²) in [6.45, 7) is 0. The number of aromatic hydroxyl groups is 1. The van der Waals surface area contributed by atoms with E-state index in [2.05, 4.69) is 37.2 Å². The quantitative estimate of drug-likeness (QED) is 0.583. The first-order valence-corrected chi connectivity index (χ1v) is 9.70. The van der Waals surface area contributed by atoms with Gasteiger partial charge in [-0.05, 0) is 76.7 Å². The van der Waals surface area contributed by atoms with Gasteiger partial charge in [-0.1, -0.05) is 6.07 Å². The molecule has 3 aromatic rings. The lowest BCUT2D eigenvalue weighted by Crippen LogP contribution is -2.28. The van der Waals surface area contributed by atoms with E-state index in [-0.39, 0.29) is 17.8 Å². The van der Waals surface area contributed by atoms with Crippen LogP contribution in [0.25, 0.3) is 0 Å². The SMILES string of the molecule is Oc1ccc(N2C(=S)NC(c3ccccn3)C2c2ccc(Br)s2)cc1. The second-order valence-corrected chi connectivity index (χ2v) is 8.54. The van der Waals surface area contributed by atoms with Crippen LogP contribution >= 0.6 is 39.5 Å². The number of hydrogen-bond acceptors (Lipinski definition) is 4. The zero-order valence-corrected chi connectivity index (χ0v) is 16.2. The molecule has 1 aliphatic rings. The monoisotopic (exact) mass is 431 g/mol. The van der Waals surface area contributed by atoms with Gasteiger partial charge < -0.3 is 15.3 Å². The highest BCUT2D eigenvalue weighted by Gasteiger charge is 2.41. The molecule has 126 valence electrons. The van der Waals surface area contributed by atoms with Crippen molar-refractivity contribution in [3.05, 3.63) is 75.2 Å². The molecule has 2 aromatic heterocycles. The average Bonchev–Trinajstić information content (AvgIpc) is 3.20. The molecular weight excluding hydrogens is 418 g/mol. The van der Waals surface area contributed by atoms with Gasteiger partial charge in [0.25, 0.3) is 0 Å². The van der Waals surface area contributed by atoms with E-state index >= 15 is 0 Å². The molecule has 0 radical (unpaired) electrons. The number of aromatic nitrogens is 1. The van der Waals surface area contributed by atoms with Crippen LogP contribution in [-0.2, 0) is 0 Å². The van der Waals surface area contributed by atoms with Gasteiger partial charge in [0, 0.05) is 16.8 Å². The third-order valence-corrected chi connectivity index (χ3v) is 6.12. The highest BCUT2D eigenvalue weighted by atomic mass is 79.9. The van der Waals surface area contributed by atoms with E-state index in [1.165, 1.54) is 4.88 Å². The second kappa shape index (κ2) is 6.74. The number of rotatable bonds is 3. The van der Waals surface area contributed by atoms with Crippen molar-refractivity contribution in [2.45, 2.75) is 12.1 Å². The lowest BCUT2D eigenvalue weighted by atomic mass is 10.0. The van der Waals surface area contributed by atoms with Crippen LogP contribution in [0.4, 0.5) is 5.69 Å². The van der Waals surface area contributed by atoms with Gasteiger partial charge in [0.05, 0.1) is 21.6 Å². The van der Waals surface area contributed by atoms with Crippen LogP contribution in [0.1, 0.15) is 22.7 Å². The van der Waals surface area contributed by atoms with Crippen LogP contribution in [-0.4, -0.2) is 15.2 Å². The van der Waals surface area contributed by atoms with Crippen molar-refractivity contribution < 1.29 is 5.11 Å². The van der Waals surface area contributed by atoms with Crippen LogP contribution in [0.15, 0.2) is 64.6 Å². The Balaban J connectivity index is 1.81. The lowest BCUT2D eigenvalue weighted by Gasteiger charge is -2.26. The smallest absolute Gasteiger partial charge is 0.174 e. The van der Waals surface area contributed by atoms with E-state index in [1.54, 1.807) is 29.7 Å². The third-order valence-electron chi connectivity index (χ3n) is 4.11. The van der Waals surface area contributed by atoms with Crippen molar-refractivity contribution in [2.75, 3.05) is 4.90 Å². The predicted octanol–water partition coefficient (Wildman–Crippen LogP) is 4.79. The molecule has 2 atom stereocenters. The summed E-state index contributed by atoms with van der Waals surface area (Å²) in [6, 6.07) is 17.1. The molecular formula is C18H14BrN3OS2. The van der Waals surface area contributed by atoms with Crippen molar-refractivity contribution in [3.63, 3.8) is 0 Å². The Hall–Kier alpha value is -1.96. The van der Waals surface area contributed by atoms with Crippen LogP contribution in [0, 0.1) is 0 Å². The van der Waals surface area contributed by atoms with E-state index in [9.17, 15) is 5.11 Å². The molecule has 1 saturated heterocycles. The largest absolute Gasteiger partial charge is 0.508 e. The highest BCUT2D eigenvalue weighted by Crippen LogP contribution is 2.44. The molecule has 4 rings (SSSR count). The molecule has 0 amide bonds. The molecule has 1 aliphatic heterocycles. The van der Waals surface area contributed by atoms with E-state index in [4.69, 9.17) is 12.2 Å². The third kappa shape index (κ3) is 3.15. The van der Waals surface area contributed by atoms with Crippen molar-refractivity contribution >= 4 is 50.3 Å². The van der Waals surface area contributed by atoms with Gasteiger partial charge in [-0.25, -0.2) is 0 Å². The number of phenolic OH excluding ortho intramolecular Hbond substituents is 1. The predicted molar refractivity (Wildman–Crippen MR) is 108 cm³/mol. The number of hydrogen-bond donors (Lipinski definition) is 2. The number of benzene rings is 1. The van der Waals surface area contributed by atoms with E-state index < -0.39 is 0 Å². The summed E-state index contributed by atoms with van der Waals surface area (Å²) in [5.74, 6) is 0.235. The van der Waals surface area contributed by atoms with Crippen molar-refractivity contribution in [3.8, 4) is 5.75 Å². The zero-order valence-electron chi connectivity index (χ0n) is 13.0. The minimum Gasteiger partial charge on any atom is -0.508 e. The van der Waals surface area contributed by atoms with Gasteiger partial charge in [-0.3, -0.25) is 4.98 Å². The molecule has 7 heteroatoms. The average molecular weight is 432 g/mol. The van der Waals surface area contributed by atoms with Gasteiger partial charge in [-0.15, -0.1) is 11.3 Å². The molecule has 0 bridgehead atoms. The van der Waals surface area contributed by atoms with Gasteiger partial charge in [0.15, 0.2) is 5.11 Å². The first-order chi connectivity index (χ1) is 12.1. The summed E-state index contributed by atoms with van der Waals surface area (Å²) >= 11 is 10.9. The number of nitrogens with zero attached hydrogens (tertiary/aromatic N) is 2. The standard InChI is InChI=1S/C18H14BrN3OS2/c19-15-9-8-14(25-15)17-16(13-3-1-2-10-20-13)21-18(24)22(17)11-4-6-12(23)7-5-11/h1-10,16-17,23H,(H,21,24). The van der Waals surface area contributed by atoms with Crippen molar-refractivity contribution in [2.24, 2.45) is 0 Å². The molecule has 2 N–H and O–H groups in total. The number of anilines is 1. The topological polar surface area (TPSA) is 48.4 Å². The Morgan fingerprint density at radius 3 is 2.56 bits per heavy atom. The van der Waals surface area contributed by atoms with Crippen LogP contribution in [0.3, 0.4) is 0 Å². The van der Waals surface area contributed by atoms with Crippen LogP contribution in [0.5, 0.6) is 5.75 Å². The second-order valence-electron chi connectivity index (χ2n) is 5.65. The minimum absolute atomic E-state index is 0.0109. The fourth-order valence-electron chi connectivity index (χ4n) is 3.02. The summed E-state index contributed by atoms with van der Waals surface area (Å²) in [5.41, 5.74) is 1.88. The Bertz CT molecular complexity index is 898. The molecule has 3 heterocycles. The number of thiocarbonyl (C=S) groups is 1. The minimum atomic E-state index is -0.0481. The normalized spacial score (nSPS) is 19.9. The summed E-state index contributed by atoms with van der Waals surface area (Å²) in [5, 5.41) is 13.7. The van der Waals surface area contributed by atoms with E-state index in [0.717, 1.165) is 15.2 Å². The first kappa shape index (κ1) is 16.5. The summed E-state index contributed by atoms with van der Waals surface area (Å²) in [4.78, 5) is 7.80. The zero-order chi connectivity index (χ0) is 17.4. The molecule has 2 unspecified atom stereocenters. The molecule has 1 aromatic carbocycles. The Morgan fingerprint density at radius 1 is 1.12 bits per heavy atom. The number of halogens is 1. The maximum absolute atomic E-state index is 9.60. The van der Waals surface area contributed by atoms with Gasteiger partial charge >= 0.3 is 0 Å². The summed E-state index contributed by atoms with van der Waals surface area (Å²) < 4.78 is 1.07. The molecule has 4 nitrogen and oxygen atoms in total. The lowest BCUT2D eigenvalue weighted by molar-refractivity contribution is 0.475. The van der Waals surface area contributed by atoms with E-state index in [0.29, 0.717) is 5.11 Å². The molecule has 0 saturated carbocycles. The number of phenols is 1. The van der Waals surface area contributed by atoms with E-state index in [1.807, 2.05) is 36.4 Å². The highest BCUT2D eigenvalue weighted by molar-refractivity contribution is 9.11.